The van der Waals surface area contributed by atoms with E-state index in [-0.39, 0.29) is 41.7 Å². The molecule has 0 spiro atoms. The molecule has 0 heterocycles. The topological polar surface area (TPSA) is 43.1 Å². The van der Waals surface area contributed by atoms with Gasteiger partial charge in [0, 0.05) is 5.56 Å². The predicted octanol–water partition coefficient (Wildman–Crippen LogP) is -2.70. The third kappa shape index (κ3) is 7.39. The molecular formula is C18H30Cl2NOSiZr. The summed E-state index contributed by atoms with van der Waals surface area (Å²) in [4.78, 5) is 10.4. The molecule has 24 heavy (non-hydrogen) atoms. The average Bonchev–Trinajstić information content (AvgIpc) is 2.64. The maximum absolute atomic E-state index is 10.4. The minimum absolute atomic E-state index is 0. The summed E-state index contributed by atoms with van der Waals surface area (Å²) >= 11 is -1.11. The third-order valence-corrected chi connectivity index (χ3v) is 8.87. The number of nitrogens with two attached hydrogens (primary N) is 1. The minimum atomic E-state index is -1.11. The smallest absolute Gasteiger partial charge is 0.248 e. The van der Waals surface area contributed by atoms with Gasteiger partial charge in [-0.25, -0.2) is 0 Å². The van der Waals surface area contributed by atoms with Crippen molar-refractivity contribution >= 4 is 16.9 Å². The van der Waals surface area contributed by atoms with Crippen molar-refractivity contribution in [3.8, 4) is 0 Å². The van der Waals surface area contributed by atoms with Crippen LogP contribution >= 0.6 is 0 Å². The molecule has 2 rings (SSSR count). The van der Waals surface area contributed by atoms with Gasteiger partial charge in [0.25, 0.3) is 0 Å². The molecule has 0 saturated carbocycles. The monoisotopic (exact) mass is 464 g/mol. The van der Waals surface area contributed by atoms with Crippen molar-refractivity contribution in [2.75, 3.05) is 0 Å². The van der Waals surface area contributed by atoms with Crippen LogP contribution in [0.1, 0.15) is 38.1 Å². The Morgan fingerprint density at radius 1 is 1.00 bits per heavy atom. The van der Waals surface area contributed by atoms with E-state index in [0.29, 0.717) is 5.56 Å². The molecule has 1 aromatic carbocycles. The molecule has 0 radical (unpaired) electrons. The van der Waals surface area contributed by atoms with Gasteiger partial charge >= 0.3 is 84.6 Å². The van der Waals surface area contributed by atoms with E-state index in [2.05, 4.69) is 37.0 Å². The number of benzene rings is 1. The van der Waals surface area contributed by atoms with Gasteiger partial charge in [0.2, 0.25) is 5.91 Å². The van der Waals surface area contributed by atoms with E-state index in [1.165, 1.54) is 0 Å². The molecule has 0 fully saturated rings. The van der Waals surface area contributed by atoms with Crippen molar-refractivity contribution < 1.29 is 51.4 Å². The molecule has 2 N–H and O–H groups in total. The Balaban J connectivity index is -0.000000336. The zero-order chi connectivity index (χ0) is 16.2. The first-order chi connectivity index (χ1) is 9.77. The van der Waals surface area contributed by atoms with Crippen LogP contribution in [-0.2, 0) is 21.8 Å². The summed E-state index contributed by atoms with van der Waals surface area (Å²) in [5, 5.41) is 0. The molecule has 0 aromatic heterocycles. The van der Waals surface area contributed by atoms with Gasteiger partial charge in [0.15, 0.2) is 0 Å². The van der Waals surface area contributed by atoms with Crippen LogP contribution in [0.4, 0.5) is 0 Å². The molecule has 1 aromatic rings. The van der Waals surface area contributed by atoms with Crippen LogP contribution in [0.15, 0.2) is 50.3 Å². The normalized spacial score (nSPS) is 15.3. The largest absolute Gasteiger partial charge is 1.00 e. The van der Waals surface area contributed by atoms with Crippen molar-refractivity contribution in [1.29, 1.82) is 0 Å². The first kappa shape index (κ1) is 28.6. The molecule has 0 saturated heterocycles. The second-order valence-electron chi connectivity index (χ2n) is 5.80. The summed E-state index contributed by atoms with van der Waals surface area (Å²) in [6.07, 6.45) is 0. The summed E-state index contributed by atoms with van der Waals surface area (Å²) in [5.74, 6) is 0.394. The van der Waals surface area contributed by atoms with Crippen LogP contribution in [0.2, 0.25) is 9.26 Å². The number of allylic oxidation sites excluding steroid dienone is 4. The molecule has 0 aliphatic heterocycles. The zero-order valence-electron chi connectivity index (χ0n) is 14.7. The first-order valence-corrected chi connectivity index (χ1v) is 13.5. The van der Waals surface area contributed by atoms with Crippen molar-refractivity contribution in [2.45, 2.75) is 37.0 Å². The predicted molar refractivity (Wildman–Crippen MR) is 98.3 cm³/mol. The molecule has 135 valence electrons. The Kier molecular flexibility index (Phi) is 15.6. The Hall–Kier alpha value is -0.150. The molecule has 6 heteroatoms. The fourth-order valence-corrected chi connectivity index (χ4v) is 7.74. The van der Waals surface area contributed by atoms with Crippen molar-refractivity contribution in [1.82, 2.24) is 0 Å². The van der Waals surface area contributed by atoms with Crippen LogP contribution in [-0.4, -0.2) is 16.9 Å². The Morgan fingerprint density at radius 2 is 1.46 bits per heavy atom. The van der Waals surface area contributed by atoms with Gasteiger partial charge in [-0.3, -0.25) is 4.79 Å². The van der Waals surface area contributed by atoms with E-state index in [1.54, 1.807) is 41.0 Å². The van der Waals surface area contributed by atoms with Crippen LogP contribution in [0.25, 0.3) is 0 Å². The Bertz CT molecular complexity index is 586. The van der Waals surface area contributed by atoms with Gasteiger partial charge < -0.3 is 30.5 Å². The van der Waals surface area contributed by atoms with Gasteiger partial charge in [-0.2, -0.15) is 0 Å². The van der Waals surface area contributed by atoms with Gasteiger partial charge in [-0.15, -0.1) is 0 Å². The van der Waals surface area contributed by atoms with Crippen LogP contribution < -0.4 is 30.5 Å². The number of halogens is 2. The van der Waals surface area contributed by atoms with Crippen LogP contribution in [0, 0.1) is 5.92 Å². The van der Waals surface area contributed by atoms with Gasteiger partial charge in [0.05, 0.1) is 0 Å². The molecule has 2 nitrogen and oxygen atoms in total. The SMILES string of the molecule is CC1=C(C)C(C)[C]([Zr+2]([CH3])[CH3])=C1C.NC(=O)c1ccccc1.[Cl-].[Cl-].[SiH4]. The van der Waals surface area contributed by atoms with E-state index in [4.69, 9.17) is 5.73 Å². The maximum atomic E-state index is 10.4. The van der Waals surface area contributed by atoms with Gasteiger partial charge in [0.1, 0.15) is 0 Å². The minimum Gasteiger partial charge on any atom is -1.00 e. The van der Waals surface area contributed by atoms with Crippen molar-refractivity contribution in [3.63, 3.8) is 0 Å². The third-order valence-electron chi connectivity index (χ3n) is 4.24. The summed E-state index contributed by atoms with van der Waals surface area (Å²) in [6, 6.07) is 8.76. The van der Waals surface area contributed by atoms with Crippen molar-refractivity contribution in [2.24, 2.45) is 11.7 Å². The fourth-order valence-electron chi connectivity index (χ4n) is 2.77. The number of carbonyl (C=O) groups is 1. The number of carbonyl (C=O) groups excluding carboxylic acids is 1. The quantitative estimate of drug-likeness (QED) is 0.474. The molecular weight excluding hydrogens is 436 g/mol. The van der Waals surface area contributed by atoms with E-state index in [9.17, 15) is 4.79 Å². The molecule has 1 atom stereocenters. The Labute approximate surface area is 171 Å². The first-order valence-electron chi connectivity index (χ1n) is 7.31. The number of rotatable bonds is 2. The number of hydrogen-bond acceptors (Lipinski definition) is 1. The van der Waals surface area contributed by atoms with Crippen LogP contribution in [0.5, 0.6) is 0 Å². The molecule has 1 aliphatic carbocycles. The van der Waals surface area contributed by atoms with Crippen molar-refractivity contribution in [3.05, 3.63) is 55.9 Å². The number of amides is 1. The molecule has 1 amide bonds. The standard InChI is InChI=1S/C9H13.C7H7NO.2CH3.2ClH.H4Si.Zr/c1-6-5-7(2)9(4)8(6)3;8-7(9)6-4-2-1-3-5-6;;;;;;/h6H,1-4H3;1-5H,(H2,8,9);2*1H3;2*1H;1H4;/q;;;;;;;+2/p-2. The second kappa shape index (κ2) is 13.1. The number of primary amides is 1. The summed E-state index contributed by atoms with van der Waals surface area (Å²) in [7, 11) is 0. The summed E-state index contributed by atoms with van der Waals surface area (Å²) in [5.41, 5.74) is 10.3. The van der Waals surface area contributed by atoms with Crippen LogP contribution in [0.3, 0.4) is 0 Å². The van der Waals surface area contributed by atoms with Gasteiger partial charge in [-0.05, 0) is 23.1 Å². The van der Waals surface area contributed by atoms with E-state index >= 15 is 0 Å². The van der Waals surface area contributed by atoms with Gasteiger partial charge in [-0.1, -0.05) is 18.2 Å². The second-order valence-corrected chi connectivity index (χ2v) is 12.0. The number of hydrogen-bond donors (Lipinski definition) is 1. The zero-order valence-corrected chi connectivity index (χ0v) is 18.7. The summed E-state index contributed by atoms with van der Waals surface area (Å²) < 4.78 is 6.82. The van der Waals surface area contributed by atoms with E-state index < -0.39 is 21.8 Å². The average molecular weight is 467 g/mol. The summed E-state index contributed by atoms with van der Waals surface area (Å²) in [6.45, 7) is 9.26. The van der Waals surface area contributed by atoms with E-state index in [0.717, 1.165) is 5.92 Å². The maximum Gasteiger partial charge on any atom is 0.248 e. The molecule has 1 unspecified atom stereocenters. The Morgan fingerprint density at radius 3 is 1.67 bits per heavy atom. The molecule has 0 bridgehead atoms. The van der Waals surface area contributed by atoms with E-state index in [1.807, 2.05) is 9.35 Å². The molecule has 1 aliphatic rings. The fraction of sp³-hybridized carbons (Fsp3) is 0.389.